The van der Waals surface area contributed by atoms with Crippen molar-refractivity contribution in [2.45, 2.75) is 25.7 Å². The van der Waals surface area contributed by atoms with Gasteiger partial charge in [0.1, 0.15) is 13.1 Å². The third-order valence-corrected chi connectivity index (χ3v) is 3.00. The number of amides is 2. The normalized spacial score (nSPS) is 15.6. The van der Waals surface area contributed by atoms with Crippen LogP contribution in [0.5, 0.6) is 0 Å². The number of hydrogen-bond donors (Lipinski definition) is 2. The van der Waals surface area contributed by atoms with E-state index in [1.54, 1.807) is 0 Å². The van der Waals surface area contributed by atoms with Crippen LogP contribution < -0.4 is 0 Å². The summed E-state index contributed by atoms with van der Waals surface area (Å²) in [6.45, 7) is -1.20. The number of hydrogen-bond acceptors (Lipinski definition) is 4. The number of carboxylic acid groups (broad SMARTS) is 2. The molecule has 0 atom stereocenters. The Labute approximate surface area is 116 Å². The maximum atomic E-state index is 11.9. The van der Waals surface area contributed by atoms with Gasteiger partial charge in [-0.3, -0.25) is 19.2 Å². The quantitative estimate of drug-likeness (QED) is 0.673. The zero-order chi connectivity index (χ0) is 15.1. The van der Waals surface area contributed by atoms with Crippen LogP contribution in [0, 0.1) is 0 Å². The topological polar surface area (TPSA) is 115 Å². The highest BCUT2D eigenvalue weighted by Crippen LogP contribution is 2.11. The molecule has 0 bridgehead atoms. The van der Waals surface area contributed by atoms with Crippen LogP contribution in [0.2, 0.25) is 0 Å². The van der Waals surface area contributed by atoms with Gasteiger partial charge in [0.05, 0.1) is 6.54 Å². The minimum atomic E-state index is -1.29. The Morgan fingerprint density at radius 3 is 2.20 bits per heavy atom. The van der Waals surface area contributed by atoms with Crippen LogP contribution in [0.15, 0.2) is 0 Å². The maximum absolute atomic E-state index is 11.9. The fourth-order valence-corrected chi connectivity index (χ4v) is 2.03. The fourth-order valence-electron chi connectivity index (χ4n) is 2.03. The molecule has 1 heterocycles. The van der Waals surface area contributed by atoms with Gasteiger partial charge in [-0.1, -0.05) is 6.42 Å². The number of carbonyl (C=O) groups is 4. The number of nitrogens with zero attached hydrogens (tertiary/aromatic N) is 2. The molecule has 0 spiro atoms. The molecule has 8 nitrogen and oxygen atoms in total. The van der Waals surface area contributed by atoms with Gasteiger partial charge in [-0.15, -0.1) is 0 Å². The summed E-state index contributed by atoms with van der Waals surface area (Å²) in [5, 5.41) is 17.4. The summed E-state index contributed by atoms with van der Waals surface area (Å²) in [7, 11) is 0. The van der Waals surface area contributed by atoms with Gasteiger partial charge in [0.2, 0.25) is 11.8 Å². The highest BCUT2D eigenvalue weighted by atomic mass is 16.4. The number of carbonyl (C=O) groups excluding carboxylic acids is 2. The molecule has 0 unspecified atom stereocenters. The molecule has 0 aromatic heterocycles. The van der Waals surface area contributed by atoms with E-state index in [-0.39, 0.29) is 12.5 Å². The number of likely N-dealkylation sites (tertiary alicyclic amines) is 1. The molecule has 8 heteroatoms. The lowest BCUT2D eigenvalue weighted by molar-refractivity contribution is -0.150. The van der Waals surface area contributed by atoms with Crippen molar-refractivity contribution in [3.05, 3.63) is 0 Å². The van der Waals surface area contributed by atoms with Crippen molar-refractivity contribution in [3.63, 3.8) is 0 Å². The lowest BCUT2D eigenvalue weighted by atomic mass is 10.2. The zero-order valence-electron chi connectivity index (χ0n) is 11.1. The van der Waals surface area contributed by atoms with Crippen molar-refractivity contribution in [1.29, 1.82) is 0 Å². The molecule has 1 rings (SSSR count). The summed E-state index contributed by atoms with van der Waals surface area (Å²) < 4.78 is 0. The van der Waals surface area contributed by atoms with E-state index in [4.69, 9.17) is 10.2 Å². The predicted molar refractivity (Wildman–Crippen MR) is 66.9 cm³/mol. The fraction of sp³-hybridized carbons (Fsp3) is 0.667. The standard InChI is InChI=1S/C12H18N2O6/c15-9-4-2-1-3-5-13(9)6-10(16)14(7-11(17)18)8-12(19)20/h1-8H2,(H,17,18)(H,19,20). The van der Waals surface area contributed by atoms with E-state index in [0.717, 1.165) is 24.2 Å². The van der Waals surface area contributed by atoms with Crippen molar-refractivity contribution in [2.24, 2.45) is 0 Å². The Hall–Kier alpha value is -2.12. The van der Waals surface area contributed by atoms with Crippen LogP contribution in [-0.4, -0.2) is 69.9 Å². The highest BCUT2D eigenvalue weighted by Gasteiger charge is 2.24. The minimum Gasteiger partial charge on any atom is -0.480 e. The van der Waals surface area contributed by atoms with Gasteiger partial charge in [-0.05, 0) is 12.8 Å². The second kappa shape index (κ2) is 7.46. The van der Waals surface area contributed by atoms with E-state index in [1.807, 2.05) is 0 Å². The van der Waals surface area contributed by atoms with Crippen molar-refractivity contribution in [3.8, 4) is 0 Å². The van der Waals surface area contributed by atoms with Gasteiger partial charge in [0.15, 0.2) is 0 Å². The molecule has 20 heavy (non-hydrogen) atoms. The van der Waals surface area contributed by atoms with Gasteiger partial charge < -0.3 is 20.0 Å². The van der Waals surface area contributed by atoms with Crippen molar-refractivity contribution >= 4 is 23.8 Å². The Bertz CT molecular complexity index is 393. The maximum Gasteiger partial charge on any atom is 0.323 e. The average Bonchev–Trinajstić information content (AvgIpc) is 2.53. The lowest BCUT2D eigenvalue weighted by Crippen LogP contribution is -2.46. The summed E-state index contributed by atoms with van der Waals surface area (Å²) in [5.41, 5.74) is 0. The summed E-state index contributed by atoms with van der Waals surface area (Å²) in [6.07, 6.45) is 2.84. The van der Waals surface area contributed by atoms with Crippen molar-refractivity contribution < 1.29 is 29.4 Å². The molecule has 1 aliphatic rings. The molecule has 2 amide bonds. The summed E-state index contributed by atoms with van der Waals surface area (Å²) in [6, 6.07) is 0. The van der Waals surface area contributed by atoms with E-state index in [1.165, 1.54) is 4.90 Å². The first-order valence-corrected chi connectivity index (χ1v) is 6.39. The van der Waals surface area contributed by atoms with Crippen molar-refractivity contribution in [1.82, 2.24) is 9.80 Å². The number of aliphatic carboxylic acids is 2. The highest BCUT2D eigenvalue weighted by molar-refractivity contribution is 5.89. The molecule has 0 aliphatic carbocycles. The van der Waals surface area contributed by atoms with E-state index >= 15 is 0 Å². The third kappa shape index (κ3) is 5.25. The lowest BCUT2D eigenvalue weighted by Gasteiger charge is -2.24. The van der Waals surface area contributed by atoms with Gasteiger partial charge in [0, 0.05) is 13.0 Å². The van der Waals surface area contributed by atoms with Crippen LogP contribution >= 0.6 is 0 Å². The van der Waals surface area contributed by atoms with Crippen LogP contribution in [-0.2, 0) is 19.2 Å². The summed E-state index contributed by atoms with van der Waals surface area (Å²) in [4.78, 5) is 47.1. The van der Waals surface area contributed by atoms with Crippen LogP contribution in [0.1, 0.15) is 25.7 Å². The average molecular weight is 286 g/mol. The Balaban J connectivity index is 2.65. The molecule has 1 saturated heterocycles. The molecule has 112 valence electrons. The second-order valence-electron chi connectivity index (χ2n) is 4.66. The largest absolute Gasteiger partial charge is 0.480 e. The Morgan fingerprint density at radius 2 is 1.65 bits per heavy atom. The molecule has 2 N–H and O–H groups in total. The van der Waals surface area contributed by atoms with E-state index in [9.17, 15) is 19.2 Å². The molecule has 0 aromatic carbocycles. The van der Waals surface area contributed by atoms with E-state index in [0.29, 0.717) is 13.0 Å². The summed E-state index contributed by atoms with van der Waals surface area (Å²) in [5.74, 6) is -3.39. The predicted octanol–water partition coefficient (Wildman–Crippen LogP) is -0.613. The van der Waals surface area contributed by atoms with E-state index in [2.05, 4.69) is 0 Å². The van der Waals surface area contributed by atoms with Crippen LogP contribution in [0.25, 0.3) is 0 Å². The molecule has 1 aliphatic heterocycles. The van der Waals surface area contributed by atoms with Gasteiger partial charge in [-0.2, -0.15) is 0 Å². The van der Waals surface area contributed by atoms with Crippen LogP contribution in [0.4, 0.5) is 0 Å². The Kier molecular flexibility index (Phi) is 5.95. The van der Waals surface area contributed by atoms with Crippen LogP contribution in [0.3, 0.4) is 0 Å². The minimum absolute atomic E-state index is 0.151. The molecule has 1 fully saturated rings. The molecule has 0 aromatic rings. The zero-order valence-corrected chi connectivity index (χ0v) is 11.1. The molecular weight excluding hydrogens is 268 g/mol. The van der Waals surface area contributed by atoms with Gasteiger partial charge in [-0.25, -0.2) is 0 Å². The third-order valence-electron chi connectivity index (χ3n) is 3.00. The van der Waals surface area contributed by atoms with Gasteiger partial charge >= 0.3 is 11.9 Å². The smallest absolute Gasteiger partial charge is 0.323 e. The summed E-state index contributed by atoms with van der Waals surface area (Å²) >= 11 is 0. The Morgan fingerprint density at radius 1 is 1.05 bits per heavy atom. The van der Waals surface area contributed by atoms with Gasteiger partial charge in [0.25, 0.3) is 0 Å². The first-order valence-electron chi connectivity index (χ1n) is 6.39. The number of carboxylic acids is 2. The second-order valence-corrected chi connectivity index (χ2v) is 4.66. The molecular formula is C12H18N2O6. The monoisotopic (exact) mass is 286 g/mol. The first-order chi connectivity index (χ1) is 9.40. The first kappa shape index (κ1) is 15.9. The molecule has 0 radical (unpaired) electrons. The van der Waals surface area contributed by atoms with E-state index < -0.39 is 30.9 Å². The van der Waals surface area contributed by atoms with Crippen molar-refractivity contribution in [2.75, 3.05) is 26.2 Å². The SMILES string of the molecule is O=C(O)CN(CC(=O)O)C(=O)CN1CCCCCC1=O. The molecule has 0 saturated carbocycles. The number of rotatable bonds is 6.